The highest BCUT2D eigenvalue weighted by atomic mass is 19.1. The van der Waals surface area contributed by atoms with Crippen molar-refractivity contribution in [2.75, 3.05) is 51.9 Å². The maximum atomic E-state index is 14.7. The highest BCUT2D eigenvalue weighted by Gasteiger charge is 2.36. The second-order valence-electron chi connectivity index (χ2n) is 10.0. The Labute approximate surface area is 218 Å². The number of carbonyl (C=O) groups is 1. The molecule has 4 rings (SSSR count). The first-order chi connectivity index (χ1) is 17.9. The summed E-state index contributed by atoms with van der Waals surface area (Å²) in [4.78, 5) is 18.8. The summed E-state index contributed by atoms with van der Waals surface area (Å²) in [7, 11) is 1.37. The molecule has 1 aromatic carbocycles. The van der Waals surface area contributed by atoms with Gasteiger partial charge >= 0.3 is 5.97 Å². The van der Waals surface area contributed by atoms with E-state index in [4.69, 9.17) is 14.2 Å². The van der Waals surface area contributed by atoms with Crippen LogP contribution < -0.4 is 10.1 Å². The maximum absolute atomic E-state index is 14.7. The molecule has 9 heteroatoms. The number of hydrogen-bond donors (Lipinski definition) is 2. The molecule has 1 fully saturated rings. The molecule has 2 N–H and O–H groups in total. The van der Waals surface area contributed by atoms with E-state index in [0.717, 1.165) is 42.9 Å². The highest BCUT2D eigenvalue weighted by molar-refractivity contribution is 5.77. The van der Waals surface area contributed by atoms with E-state index in [9.17, 15) is 14.3 Å². The Morgan fingerprint density at radius 1 is 1.27 bits per heavy atom. The zero-order valence-electron chi connectivity index (χ0n) is 22.0. The summed E-state index contributed by atoms with van der Waals surface area (Å²) in [5, 5.41) is 13.4. The molecular formula is C28H38FN3O5. The molecule has 2 aliphatic rings. The van der Waals surface area contributed by atoms with Crippen LogP contribution in [-0.4, -0.2) is 73.6 Å². The summed E-state index contributed by atoms with van der Waals surface area (Å²) in [6.07, 6.45) is 3.54. The number of likely N-dealkylation sites (tertiary alicyclic amines) is 1. The van der Waals surface area contributed by atoms with Crippen LogP contribution >= 0.6 is 0 Å². The van der Waals surface area contributed by atoms with E-state index in [1.807, 2.05) is 18.7 Å². The van der Waals surface area contributed by atoms with Gasteiger partial charge in [0, 0.05) is 37.3 Å². The minimum Gasteiger partial charge on any atom is -0.493 e. The number of nitrogens with zero attached hydrogens (tertiary/aromatic N) is 2. The molecule has 2 atom stereocenters. The number of anilines is 1. The monoisotopic (exact) mass is 515 g/mol. The number of carboxylic acids is 1. The SMILES string of the molecule is COc1c(F)cc(C(C)C)cc1[C@H](C(=O)O)N1CC[C@@H](OCCOCCc2ccc3c(n2)NCCC3)C1. The molecule has 1 saturated heterocycles. The zero-order valence-corrected chi connectivity index (χ0v) is 22.0. The number of fused-ring (bicyclic) bond motifs is 1. The van der Waals surface area contributed by atoms with E-state index in [1.54, 1.807) is 6.07 Å². The number of benzene rings is 1. The molecule has 202 valence electrons. The number of rotatable bonds is 12. The molecule has 2 aromatic rings. The molecule has 37 heavy (non-hydrogen) atoms. The summed E-state index contributed by atoms with van der Waals surface area (Å²) in [5.74, 6) is -0.537. The van der Waals surface area contributed by atoms with Gasteiger partial charge in [0.2, 0.25) is 0 Å². The second-order valence-corrected chi connectivity index (χ2v) is 10.0. The maximum Gasteiger partial charge on any atom is 0.325 e. The Balaban J connectivity index is 1.25. The van der Waals surface area contributed by atoms with E-state index >= 15 is 0 Å². The minimum absolute atomic E-state index is 0.0150. The van der Waals surface area contributed by atoms with Crippen molar-refractivity contribution < 1.29 is 28.5 Å². The topological polar surface area (TPSA) is 93.2 Å². The molecule has 1 aromatic heterocycles. The van der Waals surface area contributed by atoms with Gasteiger partial charge < -0.3 is 24.6 Å². The van der Waals surface area contributed by atoms with Crippen molar-refractivity contribution in [2.45, 2.75) is 57.6 Å². The molecule has 3 heterocycles. The van der Waals surface area contributed by atoms with Crippen molar-refractivity contribution in [1.29, 1.82) is 0 Å². The third-order valence-electron chi connectivity index (χ3n) is 7.07. The predicted molar refractivity (Wildman–Crippen MR) is 139 cm³/mol. The van der Waals surface area contributed by atoms with Gasteiger partial charge in [0.1, 0.15) is 11.9 Å². The third-order valence-corrected chi connectivity index (χ3v) is 7.07. The highest BCUT2D eigenvalue weighted by Crippen LogP contribution is 2.36. The Bertz CT molecular complexity index is 1080. The van der Waals surface area contributed by atoms with Crippen LogP contribution in [-0.2, 0) is 27.1 Å². The second kappa shape index (κ2) is 12.7. The molecule has 2 aliphatic heterocycles. The average Bonchev–Trinajstić information content (AvgIpc) is 3.33. The van der Waals surface area contributed by atoms with E-state index in [2.05, 4.69) is 22.4 Å². The molecule has 0 amide bonds. The number of hydrogen-bond acceptors (Lipinski definition) is 7. The Morgan fingerprint density at radius 2 is 2.11 bits per heavy atom. The van der Waals surface area contributed by atoms with Gasteiger partial charge in [-0.25, -0.2) is 9.37 Å². The van der Waals surface area contributed by atoms with Crippen LogP contribution in [0.4, 0.5) is 10.2 Å². The quantitative estimate of drug-likeness (QED) is 0.407. The number of aromatic nitrogens is 1. The van der Waals surface area contributed by atoms with Crippen LogP contribution in [0.25, 0.3) is 0 Å². The van der Waals surface area contributed by atoms with E-state index in [0.29, 0.717) is 44.9 Å². The van der Waals surface area contributed by atoms with Crippen LogP contribution in [0.2, 0.25) is 0 Å². The van der Waals surface area contributed by atoms with Crippen molar-refractivity contribution in [3.05, 3.63) is 52.5 Å². The molecule has 0 bridgehead atoms. The van der Waals surface area contributed by atoms with Gasteiger partial charge in [0.15, 0.2) is 11.6 Å². The fourth-order valence-electron chi connectivity index (χ4n) is 5.06. The molecule has 0 saturated carbocycles. The lowest BCUT2D eigenvalue weighted by atomic mass is 9.95. The Morgan fingerprint density at radius 3 is 2.86 bits per heavy atom. The van der Waals surface area contributed by atoms with E-state index in [-0.39, 0.29) is 17.8 Å². The summed E-state index contributed by atoms with van der Waals surface area (Å²) in [6, 6.07) is 6.37. The number of pyridine rings is 1. The number of halogens is 1. The van der Waals surface area contributed by atoms with Gasteiger partial charge in [0.25, 0.3) is 0 Å². The first kappa shape index (κ1) is 27.3. The normalized spacial score (nSPS) is 18.5. The Hall–Kier alpha value is -2.75. The largest absolute Gasteiger partial charge is 0.493 e. The van der Waals surface area contributed by atoms with Gasteiger partial charge in [-0.1, -0.05) is 19.9 Å². The van der Waals surface area contributed by atoms with Crippen LogP contribution in [0.3, 0.4) is 0 Å². The van der Waals surface area contributed by atoms with Crippen molar-refractivity contribution in [3.8, 4) is 5.75 Å². The summed E-state index contributed by atoms with van der Waals surface area (Å²) < 4.78 is 31.7. The van der Waals surface area contributed by atoms with Crippen LogP contribution in [0.15, 0.2) is 24.3 Å². The number of methoxy groups -OCH3 is 1. The van der Waals surface area contributed by atoms with Gasteiger partial charge in [-0.3, -0.25) is 9.69 Å². The third kappa shape index (κ3) is 6.77. The van der Waals surface area contributed by atoms with Crippen molar-refractivity contribution in [1.82, 2.24) is 9.88 Å². The summed E-state index contributed by atoms with van der Waals surface area (Å²) in [5.41, 5.74) is 3.36. The summed E-state index contributed by atoms with van der Waals surface area (Å²) in [6.45, 7) is 7.29. The van der Waals surface area contributed by atoms with E-state index < -0.39 is 17.8 Å². The van der Waals surface area contributed by atoms with Crippen molar-refractivity contribution >= 4 is 11.8 Å². The molecule has 0 unspecified atom stereocenters. The number of carboxylic acid groups (broad SMARTS) is 1. The number of aliphatic carboxylic acids is 1. The number of nitrogens with one attached hydrogen (secondary N) is 1. The van der Waals surface area contributed by atoms with Crippen molar-refractivity contribution in [2.24, 2.45) is 0 Å². The molecule has 0 radical (unpaired) electrons. The average molecular weight is 516 g/mol. The van der Waals surface area contributed by atoms with Crippen LogP contribution in [0.1, 0.15) is 61.0 Å². The van der Waals surface area contributed by atoms with Gasteiger partial charge in [-0.05, 0) is 54.5 Å². The lowest BCUT2D eigenvalue weighted by Crippen LogP contribution is -2.34. The smallest absolute Gasteiger partial charge is 0.325 e. The fraction of sp³-hybridized carbons (Fsp3) is 0.571. The molecule has 0 spiro atoms. The van der Waals surface area contributed by atoms with Crippen LogP contribution in [0, 0.1) is 5.82 Å². The lowest BCUT2D eigenvalue weighted by molar-refractivity contribution is -0.143. The Kier molecular flexibility index (Phi) is 9.34. The summed E-state index contributed by atoms with van der Waals surface area (Å²) >= 11 is 0. The predicted octanol–water partition coefficient (Wildman–Crippen LogP) is 4.19. The number of ether oxygens (including phenoxy) is 3. The molecular weight excluding hydrogens is 477 g/mol. The first-order valence-electron chi connectivity index (χ1n) is 13.1. The zero-order chi connectivity index (χ0) is 26.4. The van der Waals surface area contributed by atoms with Gasteiger partial charge in [-0.15, -0.1) is 0 Å². The number of aryl methyl sites for hydroxylation is 1. The first-order valence-corrected chi connectivity index (χ1v) is 13.1. The van der Waals surface area contributed by atoms with E-state index in [1.165, 1.54) is 18.7 Å². The van der Waals surface area contributed by atoms with Gasteiger partial charge in [-0.2, -0.15) is 0 Å². The molecule has 8 nitrogen and oxygen atoms in total. The van der Waals surface area contributed by atoms with Crippen molar-refractivity contribution in [3.63, 3.8) is 0 Å². The molecule has 0 aliphatic carbocycles. The minimum atomic E-state index is -1.03. The van der Waals surface area contributed by atoms with Gasteiger partial charge in [0.05, 0.1) is 33.0 Å². The lowest BCUT2D eigenvalue weighted by Gasteiger charge is -2.27. The fourth-order valence-corrected chi connectivity index (χ4v) is 5.06. The van der Waals surface area contributed by atoms with Crippen LogP contribution in [0.5, 0.6) is 5.75 Å². The standard InChI is InChI=1S/C28H38FN3O5/c1-18(2)20-15-23(26(35-3)24(29)16-20)25(28(33)34)32-11-8-22(17-32)37-14-13-36-12-9-21-7-6-19-5-4-10-30-27(19)31-21/h6-7,15-16,18,22,25H,4-5,8-14,17H2,1-3H3,(H,30,31)(H,33,34)/t22-,25-/m1/s1.